The fourth-order valence-corrected chi connectivity index (χ4v) is 4.99. The maximum atomic E-state index is 12.7. The third-order valence-electron chi connectivity index (χ3n) is 2.96. The normalized spacial score (nSPS) is 12.2. The van der Waals surface area contributed by atoms with Gasteiger partial charge in [-0.25, -0.2) is 8.42 Å². The molecule has 0 aliphatic carbocycles. The summed E-state index contributed by atoms with van der Waals surface area (Å²) in [6.45, 7) is 3.97. The summed E-state index contributed by atoms with van der Waals surface area (Å²) in [4.78, 5) is 0. The van der Waals surface area contributed by atoms with Crippen LogP contribution in [-0.2, 0) is 16.6 Å². The van der Waals surface area contributed by atoms with Crippen molar-refractivity contribution < 1.29 is 8.42 Å². The molecule has 4 nitrogen and oxygen atoms in total. The first-order valence-electron chi connectivity index (χ1n) is 6.41. The summed E-state index contributed by atoms with van der Waals surface area (Å²) in [6.07, 6.45) is 0. The monoisotopic (exact) mass is 344 g/mol. The molecular formula is C14H17ClN2O2S2. The molecule has 2 aromatic rings. The highest BCUT2D eigenvalue weighted by Gasteiger charge is 2.28. The highest BCUT2D eigenvalue weighted by molar-refractivity contribution is 7.91. The van der Waals surface area contributed by atoms with E-state index in [4.69, 9.17) is 17.3 Å². The molecule has 0 saturated carbocycles. The molecule has 7 heteroatoms. The van der Waals surface area contributed by atoms with Gasteiger partial charge in [0.1, 0.15) is 4.21 Å². The summed E-state index contributed by atoms with van der Waals surface area (Å²) >= 11 is 7.10. The molecule has 1 aromatic heterocycles. The predicted molar refractivity (Wildman–Crippen MR) is 88.0 cm³/mol. The number of nitrogen functional groups attached to an aromatic ring is 1. The minimum absolute atomic E-state index is 0.169. The van der Waals surface area contributed by atoms with Crippen LogP contribution in [-0.4, -0.2) is 18.8 Å². The van der Waals surface area contributed by atoms with Crippen LogP contribution in [0.4, 0.5) is 5.69 Å². The molecule has 21 heavy (non-hydrogen) atoms. The summed E-state index contributed by atoms with van der Waals surface area (Å²) in [6, 6.07) is 8.53. The Morgan fingerprint density at radius 2 is 2.05 bits per heavy atom. The Morgan fingerprint density at radius 1 is 1.33 bits per heavy atom. The van der Waals surface area contributed by atoms with E-state index in [2.05, 4.69) is 0 Å². The van der Waals surface area contributed by atoms with E-state index in [1.165, 1.54) is 10.4 Å². The van der Waals surface area contributed by atoms with Gasteiger partial charge in [0, 0.05) is 28.7 Å². The highest BCUT2D eigenvalue weighted by Crippen LogP contribution is 2.28. The molecule has 0 saturated heterocycles. The predicted octanol–water partition coefficient (Wildman–Crippen LogP) is 3.58. The van der Waals surface area contributed by atoms with Crippen molar-refractivity contribution in [1.82, 2.24) is 4.31 Å². The molecule has 0 amide bonds. The van der Waals surface area contributed by atoms with E-state index in [1.807, 2.05) is 26.0 Å². The van der Waals surface area contributed by atoms with Crippen LogP contribution in [0.15, 0.2) is 39.9 Å². The topological polar surface area (TPSA) is 63.4 Å². The number of sulfonamides is 1. The molecule has 0 spiro atoms. The SMILES string of the molecule is CC(C)N(Cc1cccc(Cl)c1)S(=O)(=O)c1cc(N)cs1. The average Bonchev–Trinajstić information content (AvgIpc) is 2.83. The number of benzene rings is 1. The van der Waals surface area contributed by atoms with Crippen molar-refractivity contribution in [3.63, 3.8) is 0 Å². The summed E-state index contributed by atoms with van der Waals surface area (Å²) in [5.41, 5.74) is 6.95. The molecule has 0 bridgehead atoms. The van der Waals surface area contributed by atoms with Crippen molar-refractivity contribution in [3.05, 3.63) is 46.3 Å². The van der Waals surface area contributed by atoms with Gasteiger partial charge < -0.3 is 5.73 Å². The summed E-state index contributed by atoms with van der Waals surface area (Å²) in [7, 11) is -3.56. The lowest BCUT2D eigenvalue weighted by molar-refractivity contribution is 0.349. The van der Waals surface area contributed by atoms with Crippen molar-refractivity contribution in [2.24, 2.45) is 0 Å². The Kier molecular flexibility index (Phi) is 4.93. The molecule has 0 fully saturated rings. The van der Waals surface area contributed by atoms with Crippen molar-refractivity contribution in [1.29, 1.82) is 0 Å². The summed E-state index contributed by atoms with van der Waals surface area (Å²) in [5.74, 6) is 0. The molecular weight excluding hydrogens is 328 g/mol. The van der Waals surface area contributed by atoms with Gasteiger partial charge in [-0.15, -0.1) is 11.3 Å². The van der Waals surface area contributed by atoms with Crippen molar-refractivity contribution in [2.75, 3.05) is 5.73 Å². The zero-order chi connectivity index (χ0) is 15.6. The van der Waals surface area contributed by atoms with Gasteiger partial charge in [-0.2, -0.15) is 4.31 Å². The van der Waals surface area contributed by atoms with Gasteiger partial charge in [-0.05, 0) is 37.6 Å². The van der Waals surface area contributed by atoms with Crippen molar-refractivity contribution >= 4 is 38.6 Å². The zero-order valence-electron chi connectivity index (χ0n) is 11.8. The van der Waals surface area contributed by atoms with Gasteiger partial charge in [-0.3, -0.25) is 0 Å². The summed E-state index contributed by atoms with van der Waals surface area (Å²) < 4.78 is 27.2. The maximum absolute atomic E-state index is 12.7. The quantitative estimate of drug-likeness (QED) is 0.901. The van der Waals surface area contributed by atoms with E-state index in [0.29, 0.717) is 10.7 Å². The molecule has 0 aliphatic heterocycles. The molecule has 0 unspecified atom stereocenters. The fourth-order valence-electron chi connectivity index (χ4n) is 1.94. The Bertz CT molecular complexity index is 726. The van der Waals surface area contributed by atoms with Gasteiger partial charge in [0.15, 0.2) is 0 Å². The van der Waals surface area contributed by atoms with Crippen LogP contribution in [0, 0.1) is 0 Å². The lowest BCUT2D eigenvalue weighted by Crippen LogP contribution is -2.36. The molecule has 114 valence electrons. The Balaban J connectivity index is 2.35. The van der Waals surface area contributed by atoms with E-state index in [1.54, 1.807) is 17.5 Å². The van der Waals surface area contributed by atoms with E-state index >= 15 is 0 Å². The molecule has 1 heterocycles. The van der Waals surface area contributed by atoms with Crippen molar-refractivity contribution in [3.8, 4) is 0 Å². The standard InChI is InChI=1S/C14H17ClN2O2S2/c1-10(2)17(8-11-4-3-5-12(15)6-11)21(18,19)14-7-13(16)9-20-14/h3-7,9-10H,8,16H2,1-2H3. The number of nitrogens with two attached hydrogens (primary N) is 1. The molecule has 2 N–H and O–H groups in total. The molecule has 0 aliphatic rings. The van der Waals surface area contributed by atoms with E-state index in [-0.39, 0.29) is 16.8 Å². The second-order valence-corrected chi connectivity index (χ2v) is 8.44. The van der Waals surface area contributed by atoms with E-state index in [0.717, 1.165) is 16.9 Å². The van der Waals surface area contributed by atoms with Crippen LogP contribution < -0.4 is 5.73 Å². The van der Waals surface area contributed by atoms with Crippen LogP contribution in [0.2, 0.25) is 5.02 Å². The van der Waals surface area contributed by atoms with Crippen molar-refractivity contribution in [2.45, 2.75) is 30.6 Å². The van der Waals surface area contributed by atoms with Gasteiger partial charge in [0.05, 0.1) is 0 Å². The minimum atomic E-state index is -3.56. The molecule has 2 rings (SSSR count). The van der Waals surface area contributed by atoms with Crippen LogP contribution >= 0.6 is 22.9 Å². The Labute approximate surface area is 134 Å². The molecule has 1 aromatic carbocycles. The lowest BCUT2D eigenvalue weighted by atomic mass is 10.2. The maximum Gasteiger partial charge on any atom is 0.253 e. The number of hydrogen-bond donors (Lipinski definition) is 1. The number of anilines is 1. The van der Waals surface area contributed by atoms with E-state index in [9.17, 15) is 8.42 Å². The smallest absolute Gasteiger partial charge is 0.253 e. The lowest BCUT2D eigenvalue weighted by Gasteiger charge is -2.25. The summed E-state index contributed by atoms with van der Waals surface area (Å²) in [5, 5.41) is 2.22. The second kappa shape index (κ2) is 6.36. The second-order valence-electron chi connectivity index (χ2n) is 4.97. The molecule has 0 radical (unpaired) electrons. The number of nitrogens with zero attached hydrogens (tertiary/aromatic N) is 1. The minimum Gasteiger partial charge on any atom is -0.398 e. The number of hydrogen-bond acceptors (Lipinski definition) is 4. The average molecular weight is 345 g/mol. The number of thiophene rings is 1. The van der Waals surface area contributed by atoms with Crippen LogP contribution in [0.3, 0.4) is 0 Å². The fraction of sp³-hybridized carbons (Fsp3) is 0.286. The zero-order valence-corrected chi connectivity index (χ0v) is 14.2. The Hall–Kier alpha value is -1.08. The number of rotatable bonds is 5. The van der Waals surface area contributed by atoms with Gasteiger partial charge >= 0.3 is 0 Å². The first-order chi connectivity index (χ1) is 9.80. The Morgan fingerprint density at radius 3 is 2.57 bits per heavy atom. The van der Waals surface area contributed by atoms with Gasteiger partial charge in [0.25, 0.3) is 10.0 Å². The highest BCUT2D eigenvalue weighted by atomic mass is 35.5. The van der Waals surface area contributed by atoms with Gasteiger partial charge in [-0.1, -0.05) is 23.7 Å². The van der Waals surface area contributed by atoms with Crippen LogP contribution in [0.5, 0.6) is 0 Å². The number of halogens is 1. The third kappa shape index (κ3) is 3.77. The first kappa shape index (κ1) is 16.3. The van der Waals surface area contributed by atoms with Crippen LogP contribution in [0.1, 0.15) is 19.4 Å². The van der Waals surface area contributed by atoms with E-state index < -0.39 is 10.0 Å². The first-order valence-corrected chi connectivity index (χ1v) is 9.11. The third-order valence-corrected chi connectivity index (χ3v) is 6.65. The molecule has 0 atom stereocenters. The van der Waals surface area contributed by atoms with Crippen LogP contribution in [0.25, 0.3) is 0 Å². The largest absolute Gasteiger partial charge is 0.398 e. The van der Waals surface area contributed by atoms with Gasteiger partial charge in [0.2, 0.25) is 0 Å².